The summed E-state index contributed by atoms with van der Waals surface area (Å²) >= 11 is 0. The van der Waals surface area contributed by atoms with Crippen LogP contribution < -0.4 is 5.32 Å². The lowest BCUT2D eigenvalue weighted by Crippen LogP contribution is -2.40. The molecule has 0 aromatic rings. The van der Waals surface area contributed by atoms with E-state index in [0.29, 0.717) is 25.3 Å². The second kappa shape index (κ2) is 6.42. The van der Waals surface area contributed by atoms with Crippen LogP contribution in [-0.4, -0.2) is 23.5 Å². The molecule has 0 aliphatic heterocycles. The smallest absolute Gasteiger partial charge is 0.307 e. The topological polar surface area (TPSA) is 66.4 Å². The van der Waals surface area contributed by atoms with Crippen LogP contribution >= 0.6 is 0 Å². The predicted molar refractivity (Wildman–Crippen MR) is 65.5 cm³/mol. The minimum absolute atomic E-state index is 0.123. The highest BCUT2D eigenvalue weighted by Gasteiger charge is 2.33. The summed E-state index contributed by atoms with van der Waals surface area (Å²) < 4.78 is 0. The van der Waals surface area contributed by atoms with Crippen molar-refractivity contribution in [2.45, 2.75) is 33.1 Å². The van der Waals surface area contributed by atoms with Gasteiger partial charge in [0, 0.05) is 6.54 Å². The average molecular weight is 239 g/mol. The molecule has 1 aliphatic carbocycles. The van der Waals surface area contributed by atoms with Gasteiger partial charge in [-0.3, -0.25) is 9.59 Å². The Hall–Kier alpha value is -1.32. The molecule has 1 aliphatic rings. The monoisotopic (exact) mass is 239 g/mol. The van der Waals surface area contributed by atoms with Crippen molar-refractivity contribution in [3.8, 4) is 0 Å². The number of hydrogen-bond acceptors (Lipinski definition) is 2. The number of nitrogens with one attached hydrogen (secondary N) is 1. The van der Waals surface area contributed by atoms with Gasteiger partial charge in [0.25, 0.3) is 0 Å². The van der Waals surface area contributed by atoms with E-state index in [1.54, 1.807) is 0 Å². The first kappa shape index (κ1) is 13.7. The molecule has 17 heavy (non-hydrogen) atoms. The van der Waals surface area contributed by atoms with Crippen LogP contribution in [0.5, 0.6) is 0 Å². The second-order valence-corrected chi connectivity index (χ2v) is 4.75. The Labute approximate surface area is 102 Å². The number of hydrogen-bond donors (Lipinski definition) is 2. The van der Waals surface area contributed by atoms with Gasteiger partial charge in [0.05, 0.1) is 11.8 Å². The summed E-state index contributed by atoms with van der Waals surface area (Å²) in [5.41, 5.74) is 0. The molecule has 3 unspecified atom stereocenters. The van der Waals surface area contributed by atoms with Gasteiger partial charge in [0.15, 0.2) is 0 Å². The largest absolute Gasteiger partial charge is 0.481 e. The van der Waals surface area contributed by atoms with Gasteiger partial charge < -0.3 is 10.4 Å². The fourth-order valence-corrected chi connectivity index (χ4v) is 1.93. The number of rotatable bonds is 5. The Morgan fingerprint density at radius 3 is 2.47 bits per heavy atom. The number of carbonyl (C=O) groups is 2. The third kappa shape index (κ3) is 3.88. The molecule has 0 spiro atoms. The fourth-order valence-electron chi connectivity index (χ4n) is 1.93. The molecule has 0 heterocycles. The quantitative estimate of drug-likeness (QED) is 0.719. The zero-order chi connectivity index (χ0) is 12.8. The van der Waals surface area contributed by atoms with Crippen molar-refractivity contribution in [3.05, 3.63) is 12.2 Å². The lowest BCUT2D eigenvalue weighted by Gasteiger charge is -2.24. The standard InChI is InChI=1S/C13H21NO3/c1-3-9(2)8-14-12(15)10-6-4-5-7-11(10)13(16)17/h4-5,9-11H,3,6-8H2,1-2H3,(H,14,15)(H,16,17). The van der Waals surface area contributed by atoms with Crippen LogP contribution in [0, 0.1) is 17.8 Å². The first-order valence-corrected chi connectivity index (χ1v) is 6.21. The van der Waals surface area contributed by atoms with Crippen LogP contribution in [0.15, 0.2) is 12.2 Å². The van der Waals surface area contributed by atoms with Gasteiger partial charge in [-0.2, -0.15) is 0 Å². The van der Waals surface area contributed by atoms with Crippen LogP contribution in [0.2, 0.25) is 0 Å². The summed E-state index contributed by atoms with van der Waals surface area (Å²) in [6, 6.07) is 0. The number of carboxylic acids is 1. The van der Waals surface area contributed by atoms with Crippen molar-refractivity contribution in [2.24, 2.45) is 17.8 Å². The maximum absolute atomic E-state index is 11.9. The van der Waals surface area contributed by atoms with E-state index in [1.165, 1.54) is 0 Å². The van der Waals surface area contributed by atoms with Crippen LogP contribution in [0.4, 0.5) is 0 Å². The van der Waals surface area contributed by atoms with E-state index in [2.05, 4.69) is 19.2 Å². The van der Waals surface area contributed by atoms with E-state index in [1.807, 2.05) is 12.2 Å². The van der Waals surface area contributed by atoms with Gasteiger partial charge in [0.1, 0.15) is 0 Å². The van der Waals surface area contributed by atoms with E-state index in [4.69, 9.17) is 5.11 Å². The van der Waals surface area contributed by atoms with E-state index >= 15 is 0 Å². The molecule has 0 aromatic heterocycles. The lowest BCUT2D eigenvalue weighted by atomic mass is 9.82. The van der Waals surface area contributed by atoms with E-state index < -0.39 is 17.8 Å². The first-order valence-electron chi connectivity index (χ1n) is 6.21. The van der Waals surface area contributed by atoms with Gasteiger partial charge in [-0.1, -0.05) is 32.4 Å². The SMILES string of the molecule is CCC(C)CNC(=O)C1CC=CCC1C(=O)O. The Balaban J connectivity index is 2.54. The summed E-state index contributed by atoms with van der Waals surface area (Å²) in [5, 5.41) is 11.9. The molecule has 4 nitrogen and oxygen atoms in total. The molecule has 0 aromatic carbocycles. The molecule has 1 rings (SSSR count). The van der Waals surface area contributed by atoms with Gasteiger partial charge in [-0.25, -0.2) is 0 Å². The minimum Gasteiger partial charge on any atom is -0.481 e. The van der Waals surface area contributed by atoms with Crippen LogP contribution in [-0.2, 0) is 9.59 Å². The molecule has 0 fully saturated rings. The summed E-state index contributed by atoms with van der Waals surface area (Å²) in [6.07, 6.45) is 5.73. The van der Waals surface area contributed by atoms with Crippen molar-refractivity contribution in [1.29, 1.82) is 0 Å². The maximum Gasteiger partial charge on any atom is 0.307 e. The van der Waals surface area contributed by atoms with Gasteiger partial charge >= 0.3 is 5.97 Å². The van der Waals surface area contributed by atoms with E-state index in [9.17, 15) is 9.59 Å². The lowest BCUT2D eigenvalue weighted by molar-refractivity contribution is -0.147. The van der Waals surface area contributed by atoms with E-state index in [-0.39, 0.29) is 5.91 Å². The zero-order valence-electron chi connectivity index (χ0n) is 10.5. The van der Waals surface area contributed by atoms with Crippen molar-refractivity contribution < 1.29 is 14.7 Å². The van der Waals surface area contributed by atoms with E-state index in [0.717, 1.165) is 6.42 Å². The Bertz CT molecular complexity index is 312. The number of amides is 1. The van der Waals surface area contributed by atoms with Crippen LogP contribution in [0.3, 0.4) is 0 Å². The molecule has 0 saturated carbocycles. The number of aliphatic carboxylic acids is 1. The van der Waals surface area contributed by atoms with Crippen molar-refractivity contribution >= 4 is 11.9 Å². The average Bonchev–Trinajstić information content (AvgIpc) is 2.35. The number of carboxylic acid groups (broad SMARTS) is 1. The zero-order valence-corrected chi connectivity index (χ0v) is 10.5. The molecule has 2 N–H and O–H groups in total. The van der Waals surface area contributed by atoms with Crippen molar-refractivity contribution in [2.75, 3.05) is 6.54 Å². The summed E-state index contributed by atoms with van der Waals surface area (Å²) in [5.74, 6) is -1.56. The molecule has 1 amide bonds. The van der Waals surface area contributed by atoms with Crippen LogP contribution in [0.25, 0.3) is 0 Å². The Morgan fingerprint density at radius 2 is 1.94 bits per heavy atom. The normalized spacial score (nSPS) is 25.3. The number of allylic oxidation sites excluding steroid dienone is 2. The second-order valence-electron chi connectivity index (χ2n) is 4.75. The third-order valence-electron chi connectivity index (χ3n) is 3.41. The fraction of sp³-hybridized carbons (Fsp3) is 0.692. The Morgan fingerprint density at radius 1 is 1.35 bits per heavy atom. The van der Waals surface area contributed by atoms with Crippen molar-refractivity contribution in [3.63, 3.8) is 0 Å². The Kier molecular flexibility index (Phi) is 5.19. The molecular formula is C13H21NO3. The molecule has 0 saturated heterocycles. The predicted octanol–water partition coefficient (Wildman–Crippen LogP) is 1.82. The maximum atomic E-state index is 11.9. The molecule has 3 atom stereocenters. The van der Waals surface area contributed by atoms with Gasteiger partial charge in [0.2, 0.25) is 5.91 Å². The third-order valence-corrected chi connectivity index (χ3v) is 3.41. The first-order chi connectivity index (χ1) is 8.06. The minimum atomic E-state index is -0.877. The van der Waals surface area contributed by atoms with Crippen LogP contribution in [0.1, 0.15) is 33.1 Å². The van der Waals surface area contributed by atoms with Gasteiger partial charge in [-0.05, 0) is 18.8 Å². The molecule has 4 heteroatoms. The van der Waals surface area contributed by atoms with Gasteiger partial charge in [-0.15, -0.1) is 0 Å². The number of carbonyl (C=O) groups excluding carboxylic acids is 1. The molecular weight excluding hydrogens is 218 g/mol. The summed E-state index contributed by atoms with van der Waals surface area (Å²) in [6.45, 7) is 4.76. The highest BCUT2D eigenvalue weighted by Crippen LogP contribution is 2.26. The molecule has 96 valence electrons. The van der Waals surface area contributed by atoms with Crippen molar-refractivity contribution in [1.82, 2.24) is 5.32 Å². The molecule has 0 bridgehead atoms. The summed E-state index contributed by atoms with van der Waals surface area (Å²) in [7, 11) is 0. The molecule has 0 radical (unpaired) electrons. The highest BCUT2D eigenvalue weighted by molar-refractivity contribution is 5.85. The summed E-state index contributed by atoms with van der Waals surface area (Å²) in [4.78, 5) is 23.0. The highest BCUT2D eigenvalue weighted by atomic mass is 16.4.